The summed E-state index contributed by atoms with van der Waals surface area (Å²) in [7, 11) is 0. The summed E-state index contributed by atoms with van der Waals surface area (Å²) in [5, 5.41) is 3.52. The molecule has 3 N–H and O–H groups in total. The van der Waals surface area contributed by atoms with Gasteiger partial charge in [0.2, 0.25) is 0 Å². The fourth-order valence-electron chi connectivity index (χ4n) is 3.66. The van der Waals surface area contributed by atoms with E-state index in [0.717, 1.165) is 33.3 Å². The molecule has 0 radical (unpaired) electrons. The minimum absolute atomic E-state index is 0.0800. The predicted molar refractivity (Wildman–Crippen MR) is 118 cm³/mol. The number of aromatic nitrogens is 2. The highest BCUT2D eigenvalue weighted by Gasteiger charge is 2.17. The molecule has 8 heteroatoms. The Kier molecular flexibility index (Phi) is 4.87. The number of nitrogens with zero attached hydrogens (tertiary/aromatic N) is 2. The number of nitrogens with two attached hydrogens (primary N) is 1. The number of pyridine rings is 2. The molecular formula is C24H18N4O4. The Balaban J connectivity index is 1.53. The predicted octanol–water partition coefficient (Wildman–Crippen LogP) is 4.04. The number of hydrogen-bond donors (Lipinski definition) is 2. The highest BCUT2D eigenvalue weighted by atomic mass is 16.5. The van der Waals surface area contributed by atoms with Crippen LogP contribution in [0, 0.1) is 0 Å². The van der Waals surface area contributed by atoms with Gasteiger partial charge in [0.15, 0.2) is 0 Å². The van der Waals surface area contributed by atoms with Crippen LogP contribution in [0.2, 0.25) is 0 Å². The molecular weight excluding hydrogens is 408 g/mol. The molecule has 2 aromatic carbocycles. The van der Waals surface area contributed by atoms with E-state index in [4.69, 9.17) is 15.2 Å². The molecule has 0 saturated heterocycles. The van der Waals surface area contributed by atoms with Gasteiger partial charge in [0, 0.05) is 23.3 Å². The van der Waals surface area contributed by atoms with Gasteiger partial charge in [-0.25, -0.2) is 4.79 Å². The van der Waals surface area contributed by atoms with Crippen LogP contribution < -0.4 is 15.8 Å². The lowest BCUT2D eigenvalue weighted by Gasteiger charge is -2.18. The summed E-state index contributed by atoms with van der Waals surface area (Å²) in [4.78, 5) is 31.9. The van der Waals surface area contributed by atoms with E-state index >= 15 is 0 Å². The van der Waals surface area contributed by atoms with Crippen molar-refractivity contribution in [2.45, 2.75) is 13.2 Å². The van der Waals surface area contributed by atoms with Crippen LogP contribution in [-0.4, -0.2) is 22.0 Å². The fraction of sp³-hybridized carbons (Fsp3) is 0.0833. The second kappa shape index (κ2) is 7.99. The van der Waals surface area contributed by atoms with E-state index in [9.17, 15) is 9.59 Å². The molecule has 0 spiro atoms. The van der Waals surface area contributed by atoms with E-state index in [-0.39, 0.29) is 13.2 Å². The second-order valence-corrected chi connectivity index (χ2v) is 7.27. The molecule has 0 aliphatic carbocycles. The van der Waals surface area contributed by atoms with Crippen LogP contribution >= 0.6 is 0 Å². The molecule has 8 nitrogen and oxygen atoms in total. The Labute approximate surface area is 183 Å². The topological polar surface area (TPSA) is 116 Å². The molecule has 32 heavy (non-hydrogen) atoms. The van der Waals surface area contributed by atoms with Crippen LogP contribution in [0.15, 0.2) is 67.0 Å². The largest absolute Gasteiger partial charge is 0.487 e. The fourth-order valence-corrected chi connectivity index (χ4v) is 3.66. The third kappa shape index (κ3) is 3.69. The van der Waals surface area contributed by atoms with Gasteiger partial charge in [-0.15, -0.1) is 0 Å². The van der Waals surface area contributed by atoms with Crippen molar-refractivity contribution in [3.05, 3.63) is 83.8 Å². The minimum atomic E-state index is -0.555. The lowest BCUT2D eigenvalue weighted by molar-refractivity contribution is 0.0997. The third-order valence-corrected chi connectivity index (χ3v) is 5.24. The summed E-state index contributed by atoms with van der Waals surface area (Å²) in [6.45, 7) is 0.288. The molecule has 5 rings (SSSR count). The monoisotopic (exact) mass is 426 g/mol. The van der Waals surface area contributed by atoms with Gasteiger partial charge in [0.25, 0.3) is 5.91 Å². The van der Waals surface area contributed by atoms with Gasteiger partial charge in [-0.1, -0.05) is 6.07 Å². The van der Waals surface area contributed by atoms with Crippen LogP contribution in [0.1, 0.15) is 21.6 Å². The molecule has 0 saturated carbocycles. The van der Waals surface area contributed by atoms with Crippen LogP contribution in [-0.2, 0) is 18.0 Å². The van der Waals surface area contributed by atoms with E-state index in [1.54, 1.807) is 24.5 Å². The molecule has 3 heterocycles. The summed E-state index contributed by atoms with van der Waals surface area (Å²) >= 11 is 0. The number of cyclic esters (lactones) is 1. The first kappa shape index (κ1) is 19.5. The van der Waals surface area contributed by atoms with Crippen LogP contribution in [0.25, 0.3) is 22.0 Å². The first-order valence-corrected chi connectivity index (χ1v) is 9.91. The van der Waals surface area contributed by atoms with Crippen molar-refractivity contribution in [2.75, 3.05) is 5.32 Å². The molecule has 158 valence electrons. The number of hydrogen-bond acceptors (Lipinski definition) is 6. The average molecular weight is 426 g/mol. The zero-order valence-electron chi connectivity index (χ0n) is 16.9. The maximum absolute atomic E-state index is 11.7. The number of carbonyl (C=O) groups is 2. The Morgan fingerprint density at radius 2 is 1.91 bits per heavy atom. The smallest absolute Gasteiger partial charge is 0.411 e. The number of carbonyl (C=O) groups excluding carboxylic acids is 2. The summed E-state index contributed by atoms with van der Waals surface area (Å²) in [6, 6.07) is 16.7. The van der Waals surface area contributed by atoms with E-state index in [1.807, 2.05) is 42.5 Å². The van der Waals surface area contributed by atoms with Crippen molar-refractivity contribution >= 4 is 28.6 Å². The van der Waals surface area contributed by atoms with Crippen LogP contribution in [0.3, 0.4) is 0 Å². The molecule has 1 aliphatic heterocycles. The lowest BCUT2D eigenvalue weighted by Crippen LogP contribution is -2.20. The van der Waals surface area contributed by atoms with Crippen molar-refractivity contribution in [1.29, 1.82) is 0 Å². The molecule has 0 unspecified atom stereocenters. The number of amides is 2. The lowest BCUT2D eigenvalue weighted by atomic mass is 9.99. The molecule has 0 fully saturated rings. The van der Waals surface area contributed by atoms with Crippen molar-refractivity contribution < 1.29 is 19.1 Å². The van der Waals surface area contributed by atoms with E-state index < -0.39 is 12.0 Å². The number of primary amides is 1. The highest BCUT2D eigenvalue weighted by molar-refractivity contribution is 5.94. The van der Waals surface area contributed by atoms with Gasteiger partial charge < -0.3 is 15.2 Å². The van der Waals surface area contributed by atoms with E-state index in [2.05, 4.69) is 15.3 Å². The number of nitrogens with one attached hydrogen (secondary N) is 1. The maximum Gasteiger partial charge on any atom is 0.411 e. The van der Waals surface area contributed by atoms with Gasteiger partial charge in [-0.05, 0) is 59.7 Å². The SMILES string of the molecule is NC(=O)c1cccnc1COc1cc(-c2ccc3c(c2)COC(=O)N3)cc2ncccc12. The number of fused-ring (bicyclic) bond motifs is 2. The second-order valence-electron chi connectivity index (χ2n) is 7.27. The summed E-state index contributed by atoms with van der Waals surface area (Å²) in [5.74, 6) is 0.0503. The number of benzene rings is 2. The van der Waals surface area contributed by atoms with Crippen LogP contribution in [0.5, 0.6) is 5.75 Å². The highest BCUT2D eigenvalue weighted by Crippen LogP contribution is 2.34. The Morgan fingerprint density at radius 3 is 2.78 bits per heavy atom. The molecule has 4 aromatic rings. The third-order valence-electron chi connectivity index (χ3n) is 5.24. The average Bonchev–Trinajstić information content (AvgIpc) is 2.82. The maximum atomic E-state index is 11.7. The Bertz CT molecular complexity index is 1370. The van der Waals surface area contributed by atoms with Gasteiger partial charge in [0.05, 0.1) is 22.5 Å². The van der Waals surface area contributed by atoms with Crippen LogP contribution in [0.4, 0.5) is 10.5 Å². The summed E-state index contributed by atoms with van der Waals surface area (Å²) < 4.78 is 11.2. The molecule has 1 aliphatic rings. The van der Waals surface area contributed by atoms with E-state index in [1.165, 1.54) is 0 Å². The normalized spacial score (nSPS) is 12.6. The number of rotatable bonds is 5. The van der Waals surface area contributed by atoms with Gasteiger partial charge in [0.1, 0.15) is 19.0 Å². The van der Waals surface area contributed by atoms with Gasteiger partial charge in [-0.3, -0.25) is 20.1 Å². The Morgan fingerprint density at radius 1 is 1.06 bits per heavy atom. The van der Waals surface area contributed by atoms with E-state index in [0.29, 0.717) is 17.0 Å². The number of ether oxygens (including phenoxy) is 2. The van der Waals surface area contributed by atoms with Crippen molar-refractivity contribution in [3.63, 3.8) is 0 Å². The molecule has 2 amide bonds. The standard InChI is InChI=1S/C24H18N4O4/c25-23(29)18-4-2-8-27-21(18)13-31-22-11-15(10-20-17(22)3-1-7-26-20)14-5-6-19-16(9-14)12-32-24(30)28-19/h1-11H,12-13H2,(H2,25,29)(H,28,30). The van der Waals surface area contributed by atoms with Crippen molar-refractivity contribution in [1.82, 2.24) is 9.97 Å². The molecule has 2 aromatic heterocycles. The van der Waals surface area contributed by atoms with Gasteiger partial charge >= 0.3 is 6.09 Å². The van der Waals surface area contributed by atoms with Crippen molar-refractivity contribution in [2.24, 2.45) is 5.73 Å². The zero-order chi connectivity index (χ0) is 22.1. The molecule has 0 bridgehead atoms. The number of anilines is 1. The first-order chi connectivity index (χ1) is 15.6. The summed E-state index contributed by atoms with van der Waals surface area (Å²) in [6.07, 6.45) is 2.85. The van der Waals surface area contributed by atoms with Crippen molar-refractivity contribution in [3.8, 4) is 16.9 Å². The molecule has 0 atom stereocenters. The Hall–Kier alpha value is -4.46. The van der Waals surface area contributed by atoms with Gasteiger partial charge in [-0.2, -0.15) is 0 Å². The zero-order valence-corrected chi connectivity index (χ0v) is 16.9. The minimum Gasteiger partial charge on any atom is -0.487 e. The first-order valence-electron chi connectivity index (χ1n) is 9.91. The summed E-state index contributed by atoms with van der Waals surface area (Å²) in [5.41, 5.74) is 10.4. The quantitative estimate of drug-likeness (QED) is 0.498.